The minimum atomic E-state index is 0. The number of benzene rings is 1. The van der Waals surface area contributed by atoms with Crippen molar-refractivity contribution in [2.24, 2.45) is 10.9 Å². The minimum Gasteiger partial charge on any atom is -0.439 e. The zero-order chi connectivity index (χ0) is 23.1. The summed E-state index contributed by atoms with van der Waals surface area (Å²) in [6, 6.07) is 10.1. The Hall–Kier alpha value is -2.36. The van der Waals surface area contributed by atoms with Crippen LogP contribution in [0.5, 0.6) is 11.6 Å². The molecule has 1 saturated heterocycles. The van der Waals surface area contributed by atoms with Gasteiger partial charge in [-0.05, 0) is 62.1 Å². The molecule has 2 N–H and O–H groups in total. The Kier molecular flexibility index (Phi) is 10.4. The van der Waals surface area contributed by atoms with Gasteiger partial charge in [0.05, 0.1) is 6.54 Å². The fourth-order valence-corrected chi connectivity index (χ4v) is 3.63. The topological polar surface area (TPSA) is 78.9 Å². The second-order valence-corrected chi connectivity index (χ2v) is 8.61. The van der Waals surface area contributed by atoms with Gasteiger partial charge in [0.2, 0.25) is 11.8 Å². The van der Waals surface area contributed by atoms with Gasteiger partial charge >= 0.3 is 0 Å². The number of carbonyl (C=O) groups excluding carboxylic acids is 1. The standard InChI is InChI=1S/C25H35N5O2.HI/c1-6-26-25(29-21-10-12-30(16-21)24(31)17(2)3)28-15-20-9-11-27-23(14-20)32-22-8-7-18(4)19(5)13-22;/h7-9,11,13-14,17,21H,6,10,12,15-16H2,1-5H3,(H2,26,28,29);1H. The average Bonchev–Trinajstić information content (AvgIpc) is 3.23. The van der Waals surface area contributed by atoms with E-state index < -0.39 is 0 Å². The molecule has 1 fully saturated rings. The first-order valence-corrected chi connectivity index (χ1v) is 11.4. The highest BCUT2D eigenvalue weighted by atomic mass is 127. The molecular formula is C25H36IN5O2. The third-order valence-corrected chi connectivity index (χ3v) is 5.60. The second kappa shape index (κ2) is 12.8. The van der Waals surface area contributed by atoms with Crippen LogP contribution in [-0.4, -0.2) is 47.4 Å². The van der Waals surface area contributed by atoms with E-state index in [1.165, 1.54) is 11.1 Å². The molecule has 2 heterocycles. The number of aromatic nitrogens is 1. The number of amides is 1. The first-order chi connectivity index (χ1) is 15.4. The molecule has 1 aliphatic heterocycles. The minimum absolute atomic E-state index is 0. The average molecular weight is 566 g/mol. The monoisotopic (exact) mass is 565 g/mol. The Bertz CT molecular complexity index is 964. The predicted octanol–water partition coefficient (Wildman–Crippen LogP) is 4.42. The van der Waals surface area contributed by atoms with Crippen LogP contribution in [-0.2, 0) is 11.3 Å². The van der Waals surface area contributed by atoms with Crippen molar-refractivity contribution < 1.29 is 9.53 Å². The molecule has 180 valence electrons. The highest BCUT2D eigenvalue weighted by molar-refractivity contribution is 14.0. The van der Waals surface area contributed by atoms with Crippen molar-refractivity contribution in [3.63, 3.8) is 0 Å². The van der Waals surface area contributed by atoms with Gasteiger partial charge in [-0.15, -0.1) is 24.0 Å². The van der Waals surface area contributed by atoms with Gasteiger partial charge < -0.3 is 20.3 Å². The molecule has 33 heavy (non-hydrogen) atoms. The van der Waals surface area contributed by atoms with E-state index in [0.29, 0.717) is 19.0 Å². The molecule has 1 aromatic carbocycles. The Morgan fingerprint density at radius 2 is 2.03 bits per heavy atom. The van der Waals surface area contributed by atoms with Gasteiger partial charge in [0.1, 0.15) is 5.75 Å². The smallest absolute Gasteiger partial charge is 0.225 e. The van der Waals surface area contributed by atoms with Gasteiger partial charge in [0.25, 0.3) is 0 Å². The van der Waals surface area contributed by atoms with Crippen LogP contribution in [0, 0.1) is 19.8 Å². The maximum Gasteiger partial charge on any atom is 0.225 e. The molecule has 0 radical (unpaired) electrons. The number of aliphatic imine (C=N–C) groups is 1. The molecule has 3 rings (SSSR count). The largest absolute Gasteiger partial charge is 0.439 e. The molecule has 7 nitrogen and oxygen atoms in total. The molecule has 1 aliphatic rings. The number of guanidine groups is 1. The molecule has 8 heteroatoms. The summed E-state index contributed by atoms with van der Waals surface area (Å²) < 4.78 is 5.94. The zero-order valence-corrected chi connectivity index (χ0v) is 22.6. The molecule has 1 aromatic heterocycles. The van der Waals surface area contributed by atoms with Gasteiger partial charge in [-0.2, -0.15) is 0 Å². The number of pyridine rings is 1. The zero-order valence-electron chi connectivity index (χ0n) is 20.2. The summed E-state index contributed by atoms with van der Waals surface area (Å²) in [6.07, 6.45) is 2.67. The summed E-state index contributed by atoms with van der Waals surface area (Å²) in [6.45, 7) is 12.9. The number of halogens is 1. The molecule has 1 unspecified atom stereocenters. The Morgan fingerprint density at radius 3 is 2.73 bits per heavy atom. The van der Waals surface area contributed by atoms with E-state index in [-0.39, 0.29) is 41.8 Å². The van der Waals surface area contributed by atoms with Crippen LogP contribution in [0.3, 0.4) is 0 Å². The fraction of sp³-hybridized carbons (Fsp3) is 0.480. The van der Waals surface area contributed by atoms with Crippen LogP contribution in [0.2, 0.25) is 0 Å². The van der Waals surface area contributed by atoms with E-state index in [1.54, 1.807) is 6.20 Å². The molecule has 1 amide bonds. The lowest BCUT2D eigenvalue weighted by Crippen LogP contribution is -2.45. The molecule has 1 atom stereocenters. The number of carbonyl (C=O) groups is 1. The Balaban J connectivity index is 0.00000385. The molecule has 0 saturated carbocycles. The summed E-state index contributed by atoms with van der Waals surface area (Å²) >= 11 is 0. The SMILES string of the molecule is CCNC(=NCc1ccnc(Oc2ccc(C)c(C)c2)c1)NC1CCN(C(=O)C(C)C)C1.I. The lowest BCUT2D eigenvalue weighted by Gasteiger charge is -2.20. The van der Waals surface area contributed by atoms with Crippen LogP contribution >= 0.6 is 24.0 Å². The molecule has 0 aliphatic carbocycles. The summed E-state index contributed by atoms with van der Waals surface area (Å²) in [4.78, 5) is 23.2. The summed E-state index contributed by atoms with van der Waals surface area (Å²) in [5.74, 6) is 2.33. The predicted molar refractivity (Wildman–Crippen MR) is 143 cm³/mol. The third-order valence-electron chi connectivity index (χ3n) is 5.60. The maximum absolute atomic E-state index is 12.2. The van der Waals surface area contributed by atoms with Gasteiger partial charge in [-0.3, -0.25) is 4.79 Å². The normalized spacial score (nSPS) is 15.9. The van der Waals surface area contributed by atoms with Crippen molar-refractivity contribution in [2.45, 2.75) is 53.6 Å². The molecule has 2 aromatic rings. The molecule has 0 spiro atoms. The number of hydrogen-bond acceptors (Lipinski definition) is 4. The van der Waals surface area contributed by atoms with Gasteiger partial charge in [-0.25, -0.2) is 9.98 Å². The summed E-state index contributed by atoms with van der Waals surface area (Å²) in [5.41, 5.74) is 3.43. The summed E-state index contributed by atoms with van der Waals surface area (Å²) in [5, 5.41) is 6.78. The number of likely N-dealkylation sites (tertiary alicyclic amines) is 1. The van der Waals surface area contributed by atoms with Crippen molar-refractivity contribution in [1.29, 1.82) is 0 Å². The summed E-state index contributed by atoms with van der Waals surface area (Å²) in [7, 11) is 0. The van der Waals surface area contributed by atoms with E-state index >= 15 is 0 Å². The van der Waals surface area contributed by atoms with Gasteiger partial charge in [0, 0.05) is 43.9 Å². The van der Waals surface area contributed by atoms with Crippen LogP contribution in [0.25, 0.3) is 0 Å². The highest BCUT2D eigenvalue weighted by Crippen LogP contribution is 2.23. The van der Waals surface area contributed by atoms with Crippen molar-refractivity contribution in [1.82, 2.24) is 20.5 Å². The fourth-order valence-electron chi connectivity index (χ4n) is 3.63. The highest BCUT2D eigenvalue weighted by Gasteiger charge is 2.27. The Labute approximate surface area is 214 Å². The van der Waals surface area contributed by atoms with Gasteiger partial charge in [0.15, 0.2) is 5.96 Å². The van der Waals surface area contributed by atoms with Gasteiger partial charge in [-0.1, -0.05) is 19.9 Å². The number of aryl methyl sites for hydroxylation is 2. The number of hydrogen-bond donors (Lipinski definition) is 2. The molecular weight excluding hydrogens is 529 g/mol. The van der Waals surface area contributed by atoms with E-state index in [9.17, 15) is 4.79 Å². The molecule has 0 bridgehead atoms. The first-order valence-electron chi connectivity index (χ1n) is 11.4. The lowest BCUT2D eigenvalue weighted by atomic mass is 10.1. The number of nitrogens with zero attached hydrogens (tertiary/aromatic N) is 3. The van der Waals surface area contributed by atoms with Crippen molar-refractivity contribution in [3.8, 4) is 11.6 Å². The lowest BCUT2D eigenvalue weighted by molar-refractivity contribution is -0.133. The van der Waals surface area contributed by atoms with Crippen LogP contribution < -0.4 is 15.4 Å². The number of nitrogens with one attached hydrogen (secondary N) is 2. The van der Waals surface area contributed by atoms with Crippen molar-refractivity contribution in [2.75, 3.05) is 19.6 Å². The van der Waals surface area contributed by atoms with Crippen LogP contribution in [0.1, 0.15) is 43.9 Å². The number of rotatable bonds is 7. The second-order valence-electron chi connectivity index (χ2n) is 8.61. The van der Waals surface area contributed by atoms with E-state index in [4.69, 9.17) is 9.73 Å². The quantitative estimate of drug-likeness (QED) is 0.295. The van der Waals surface area contributed by atoms with Crippen molar-refractivity contribution >= 4 is 35.8 Å². The van der Waals surface area contributed by atoms with E-state index in [0.717, 1.165) is 36.8 Å². The number of ether oxygens (including phenoxy) is 1. The van der Waals surface area contributed by atoms with E-state index in [2.05, 4.69) is 29.5 Å². The third kappa shape index (κ3) is 7.87. The van der Waals surface area contributed by atoms with Crippen LogP contribution in [0.15, 0.2) is 41.5 Å². The van der Waals surface area contributed by atoms with Crippen molar-refractivity contribution in [3.05, 3.63) is 53.2 Å². The van der Waals surface area contributed by atoms with Crippen LogP contribution in [0.4, 0.5) is 0 Å². The first kappa shape index (κ1) is 26.9. The van der Waals surface area contributed by atoms with E-state index in [1.807, 2.05) is 56.0 Å². The Morgan fingerprint density at radius 1 is 1.24 bits per heavy atom. The maximum atomic E-state index is 12.2.